The summed E-state index contributed by atoms with van der Waals surface area (Å²) < 4.78 is 42.9. The van der Waals surface area contributed by atoms with Crippen molar-refractivity contribution in [3.05, 3.63) is 82.7 Å². The van der Waals surface area contributed by atoms with Crippen molar-refractivity contribution in [1.29, 1.82) is 0 Å². The highest BCUT2D eigenvalue weighted by atomic mass is 32.2. The van der Waals surface area contributed by atoms with Crippen molar-refractivity contribution in [3.63, 3.8) is 0 Å². The molecule has 4 rings (SSSR count). The lowest BCUT2D eigenvalue weighted by atomic mass is 10.1. The van der Waals surface area contributed by atoms with Crippen LogP contribution in [0.25, 0.3) is 0 Å². The number of aryl methyl sites for hydroxylation is 3. The van der Waals surface area contributed by atoms with Gasteiger partial charge in [0.2, 0.25) is 0 Å². The highest BCUT2D eigenvalue weighted by Crippen LogP contribution is 2.30. The van der Waals surface area contributed by atoms with Crippen molar-refractivity contribution in [2.75, 3.05) is 40.7 Å². The smallest absolute Gasteiger partial charge is 0.337 e. The minimum atomic E-state index is -4.00. The van der Waals surface area contributed by atoms with E-state index in [0.29, 0.717) is 48.7 Å². The largest absolute Gasteiger partial charge is 0.478 e. The number of benzene rings is 3. The average molecular weight is 498 g/mol. The zero-order valence-corrected chi connectivity index (χ0v) is 20.7. The Balaban J connectivity index is 1.56. The number of nitrogens with zero attached hydrogens (tertiary/aromatic N) is 2. The van der Waals surface area contributed by atoms with Crippen LogP contribution >= 0.6 is 0 Å². The molecule has 9 heteroatoms. The molecule has 7 nitrogen and oxygen atoms in total. The molecule has 0 spiro atoms. The number of carboxylic acids is 1. The number of carbonyl (C=O) groups is 1. The number of hydrogen-bond acceptors (Lipinski definition) is 5. The molecule has 0 aromatic heterocycles. The summed E-state index contributed by atoms with van der Waals surface area (Å²) in [5.41, 5.74) is 3.22. The van der Waals surface area contributed by atoms with Crippen LogP contribution in [-0.4, -0.2) is 45.7 Å². The minimum absolute atomic E-state index is 0.00520. The number of para-hydroxylation sites is 1. The van der Waals surface area contributed by atoms with Crippen LogP contribution in [-0.2, 0) is 10.0 Å². The molecule has 0 aliphatic carbocycles. The number of nitrogens with one attached hydrogen (secondary N) is 1. The molecule has 1 fully saturated rings. The quantitative estimate of drug-likeness (QED) is 0.518. The second-order valence-electron chi connectivity index (χ2n) is 8.79. The lowest BCUT2D eigenvalue weighted by molar-refractivity contribution is 0.0698. The van der Waals surface area contributed by atoms with Gasteiger partial charge in [0, 0.05) is 31.9 Å². The zero-order chi connectivity index (χ0) is 25.3. The highest BCUT2D eigenvalue weighted by molar-refractivity contribution is 7.92. The topological polar surface area (TPSA) is 90.0 Å². The first-order valence-corrected chi connectivity index (χ1v) is 12.8. The fourth-order valence-corrected chi connectivity index (χ4v) is 6.23. The van der Waals surface area contributed by atoms with Gasteiger partial charge in [-0.1, -0.05) is 29.8 Å². The fraction of sp³-hybridized carbons (Fsp3) is 0.269. The third-order valence-electron chi connectivity index (χ3n) is 6.19. The number of anilines is 3. The van der Waals surface area contributed by atoms with Crippen LogP contribution in [0, 0.1) is 26.6 Å². The standard InChI is InChI=1S/C26H28FN3O4S/c1-17-14-18(2)25(19(3)15-17)35(33,34)28-23-9-8-20(16-21(23)26(31)32)29-10-12-30(13-11-29)24-7-5-4-6-22(24)27/h4-9,14-16,28H,10-13H2,1-3H3,(H,31,32). The number of aromatic carboxylic acids is 1. The minimum Gasteiger partial charge on any atom is -0.478 e. The van der Waals surface area contributed by atoms with Gasteiger partial charge in [0.15, 0.2) is 0 Å². The van der Waals surface area contributed by atoms with Crippen molar-refractivity contribution in [2.24, 2.45) is 0 Å². The van der Waals surface area contributed by atoms with E-state index in [4.69, 9.17) is 0 Å². The van der Waals surface area contributed by atoms with E-state index in [1.54, 1.807) is 50.2 Å². The van der Waals surface area contributed by atoms with Crippen LogP contribution in [0.4, 0.5) is 21.5 Å². The third kappa shape index (κ3) is 5.09. The summed E-state index contributed by atoms with van der Waals surface area (Å²) in [4.78, 5) is 16.1. The summed E-state index contributed by atoms with van der Waals surface area (Å²) in [6.45, 7) is 7.61. The first kappa shape index (κ1) is 24.5. The van der Waals surface area contributed by atoms with E-state index < -0.39 is 16.0 Å². The zero-order valence-electron chi connectivity index (χ0n) is 19.9. The van der Waals surface area contributed by atoms with Crippen molar-refractivity contribution in [2.45, 2.75) is 25.7 Å². The van der Waals surface area contributed by atoms with E-state index in [0.717, 1.165) is 5.56 Å². The van der Waals surface area contributed by atoms with Crippen molar-refractivity contribution in [3.8, 4) is 0 Å². The lowest BCUT2D eigenvalue weighted by Gasteiger charge is -2.37. The van der Waals surface area contributed by atoms with Gasteiger partial charge in [0.25, 0.3) is 10.0 Å². The van der Waals surface area contributed by atoms with Crippen LogP contribution in [0.3, 0.4) is 0 Å². The molecule has 3 aromatic carbocycles. The second-order valence-corrected chi connectivity index (χ2v) is 10.4. The van der Waals surface area contributed by atoms with Crippen LogP contribution in [0.5, 0.6) is 0 Å². The maximum Gasteiger partial charge on any atom is 0.337 e. The summed E-state index contributed by atoms with van der Waals surface area (Å²) in [6.07, 6.45) is 0. The fourth-order valence-electron chi connectivity index (χ4n) is 4.70. The first-order valence-electron chi connectivity index (χ1n) is 11.3. The van der Waals surface area contributed by atoms with Gasteiger partial charge in [-0.05, 0) is 62.2 Å². The van der Waals surface area contributed by atoms with Crippen LogP contribution in [0.1, 0.15) is 27.0 Å². The lowest BCUT2D eigenvalue weighted by Crippen LogP contribution is -2.46. The Morgan fingerprint density at radius 3 is 2.11 bits per heavy atom. The SMILES string of the molecule is Cc1cc(C)c(S(=O)(=O)Nc2ccc(N3CCN(c4ccccc4F)CC3)cc2C(=O)O)c(C)c1. The summed E-state index contributed by atoms with van der Waals surface area (Å²) >= 11 is 0. The second kappa shape index (κ2) is 9.58. The molecule has 1 aliphatic rings. The molecule has 0 radical (unpaired) electrons. The maximum absolute atomic E-state index is 14.1. The molecule has 2 N–H and O–H groups in total. The van der Waals surface area contributed by atoms with Crippen molar-refractivity contribution < 1.29 is 22.7 Å². The molecular weight excluding hydrogens is 469 g/mol. The third-order valence-corrected chi connectivity index (χ3v) is 7.86. The van der Waals surface area contributed by atoms with E-state index in [-0.39, 0.29) is 22.0 Å². The number of rotatable bonds is 6. The van der Waals surface area contributed by atoms with Crippen LogP contribution < -0.4 is 14.5 Å². The number of carboxylic acid groups (broad SMARTS) is 1. The Bertz CT molecular complexity index is 1360. The Hall–Kier alpha value is -3.59. The molecule has 184 valence electrons. The number of halogens is 1. The molecule has 0 atom stereocenters. The molecule has 0 amide bonds. The summed E-state index contributed by atoms with van der Waals surface area (Å²) in [6, 6.07) is 14.9. The van der Waals surface area contributed by atoms with E-state index in [9.17, 15) is 22.7 Å². The normalized spacial score (nSPS) is 14.2. The predicted molar refractivity (Wildman–Crippen MR) is 136 cm³/mol. The van der Waals surface area contributed by atoms with E-state index >= 15 is 0 Å². The predicted octanol–water partition coefficient (Wildman–Crippen LogP) is 4.58. The van der Waals surface area contributed by atoms with Gasteiger partial charge in [-0.15, -0.1) is 0 Å². The summed E-state index contributed by atoms with van der Waals surface area (Å²) in [7, 11) is -4.00. The van der Waals surface area contributed by atoms with Gasteiger partial charge in [-0.3, -0.25) is 4.72 Å². The summed E-state index contributed by atoms with van der Waals surface area (Å²) in [5, 5.41) is 9.82. The molecule has 35 heavy (non-hydrogen) atoms. The summed E-state index contributed by atoms with van der Waals surface area (Å²) in [5.74, 6) is -1.50. The van der Waals surface area contributed by atoms with Crippen molar-refractivity contribution in [1.82, 2.24) is 0 Å². The molecule has 1 aliphatic heterocycles. The van der Waals surface area contributed by atoms with Gasteiger partial charge in [0.05, 0.1) is 21.8 Å². The molecule has 1 heterocycles. The Labute approximate surface area is 204 Å². The Kier molecular flexibility index (Phi) is 6.71. The molecular formula is C26H28FN3O4S. The van der Waals surface area contributed by atoms with Crippen LogP contribution in [0.2, 0.25) is 0 Å². The van der Waals surface area contributed by atoms with Gasteiger partial charge < -0.3 is 14.9 Å². The number of sulfonamides is 1. The van der Waals surface area contributed by atoms with E-state index in [1.165, 1.54) is 18.2 Å². The average Bonchev–Trinajstić information content (AvgIpc) is 2.78. The highest BCUT2D eigenvalue weighted by Gasteiger charge is 2.25. The Morgan fingerprint density at radius 2 is 1.51 bits per heavy atom. The van der Waals surface area contributed by atoms with Crippen molar-refractivity contribution >= 4 is 33.1 Å². The van der Waals surface area contributed by atoms with Gasteiger partial charge in [0.1, 0.15) is 5.82 Å². The van der Waals surface area contributed by atoms with Gasteiger partial charge >= 0.3 is 5.97 Å². The molecule has 0 saturated carbocycles. The molecule has 0 unspecified atom stereocenters. The molecule has 3 aromatic rings. The Morgan fingerprint density at radius 1 is 0.914 bits per heavy atom. The van der Waals surface area contributed by atoms with Crippen LogP contribution in [0.15, 0.2) is 59.5 Å². The maximum atomic E-state index is 14.1. The number of hydrogen-bond donors (Lipinski definition) is 2. The number of piperazine rings is 1. The monoisotopic (exact) mass is 497 g/mol. The van der Waals surface area contributed by atoms with E-state index in [2.05, 4.69) is 4.72 Å². The van der Waals surface area contributed by atoms with Gasteiger partial charge in [-0.2, -0.15) is 0 Å². The van der Waals surface area contributed by atoms with Gasteiger partial charge in [-0.25, -0.2) is 17.6 Å². The first-order chi connectivity index (χ1) is 16.6. The molecule has 1 saturated heterocycles. The molecule has 0 bridgehead atoms. The van der Waals surface area contributed by atoms with E-state index in [1.807, 2.05) is 16.7 Å².